The summed E-state index contributed by atoms with van der Waals surface area (Å²) >= 11 is 0. The van der Waals surface area contributed by atoms with Crippen LogP contribution in [0.15, 0.2) is 5.16 Å². The number of amidine groups is 1. The van der Waals surface area contributed by atoms with Gasteiger partial charge in [0.25, 0.3) is 0 Å². The standard InChI is InChI=1S/C10H21N3O/c1-8-6-9(7-8)12-5-3-2-4-10(11)13-14/h8-9,12,14H,2-7H2,1H3,(H2,11,13). The molecule has 1 saturated carbocycles. The van der Waals surface area contributed by atoms with Crippen LogP contribution in [0.2, 0.25) is 0 Å². The molecule has 0 amide bonds. The highest BCUT2D eigenvalue weighted by atomic mass is 16.4. The highest BCUT2D eigenvalue weighted by Crippen LogP contribution is 2.25. The van der Waals surface area contributed by atoms with E-state index in [9.17, 15) is 0 Å². The molecule has 0 aromatic heterocycles. The Balaban J connectivity index is 1.85. The van der Waals surface area contributed by atoms with Gasteiger partial charge < -0.3 is 16.3 Å². The van der Waals surface area contributed by atoms with Crippen LogP contribution in [-0.2, 0) is 0 Å². The molecule has 14 heavy (non-hydrogen) atoms. The average molecular weight is 199 g/mol. The second kappa shape index (κ2) is 5.86. The van der Waals surface area contributed by atoms with Crippen molar-refractivity contribution in [2.75, 3.05) is 6.54 Å². The van der Waals surface area contributed by atoms with E-state index in [0.717, 1.165) is 31.3 Å². The molecule has 0 unspecified atom stereocenters. The number of hydrogen-bond acceptors (Lipinski definition) is 3. The number of nitrogens with two attached hydrogens (primary N) is 1. The largest absolute Gasteiger partial charge is 0.409 e. The van der Waals surface area contributed by atoms with Gasteiger partial charge in [0, 0.05) is 12.5 Å². The van der Waals surface area contributed by atoms with Crippen LogP contribution < -0.4 is 11.1 Å². The summed E-state index contributed by atoms with van der Waals surface area (Å²) in [5, 5.41) is 14.7. The second-order valence-electron chi connectivity index (χ2n) is 4.28. The lowest BCUT2D eigenvalue weighted by Gasteiger charge is -2.33. The lowest BCUT2D eigenvalue weighted by atomic mass is 9.82. The summed E-state index contributed by atoms with van der Waals surface area (Å²) in [6.07, 6.45) is 5.42. The highest BCUT2D eigenvalue weighted by Gasteiger charge is 2.23. The minimum atomic E-state index is 0.335. The Bertz CT molecular complexity index is 188. The quantitative estimate of drug-likeness (QED) is 0.198. The Hall–Kier alpha value is -0.770. The van der Waals surface area contributed by atoms with E-state index in [1.165, 1.54) is 12.8 Å². The summed E-state index contributed by atoms with van der Waals surface area (Å²) in [4.78, 5) is 0. The van der Waals surface area contributed by atoms with Crippen molar-refractivity contribution in [2.24, 2.45) is 16.8 Å². The molecular formula is C10H21N3O. The molecule has 4 heteroatoms. The molecule has 0 spiro atoms. The maximum atomic E-state index is 8.30. The number of unbranched alkanes of at least 4 members (excludes halogenated alkanes) is 1. The highest BCUT2D eigenvalue weighted by molar-refractivity contribution is 5.79. The Morgan fingerprint density at radius 1 is 1.50 bits per heavy atom. The average Bonchev–Trinajstić information content (AvgIpc) is 2.13. The molecule has 0 radical (unpaired) electrons. The van der Waals surface area contributed by atoms with Gasteiger partial charge in [-0.05, 0) is 38.1 Å². The first-order chi connectivity index (χ1) is 6.72. The van der Waals surface area contributed by atoms with Gasteiger partial charge in [0.2, 0.25) is 0 Å². The van der Waals surface area contributed by atoms with Crippen molar-refractivity contribution in [1.29, 1.82) is 0 Å². The van der Waals surface area contributed by atoms with Gasteiger partial charge in [0.05, 0.1) is 0 Å². The lowest BCUT2D eigenvalue weighted by Crippen LogP contribution is -2.40. The monoisotopic (exact) mass is 199 g/mol. The zero-order valence-electron chi connectivity index (χ0n) is 8.87. The third kappa shape index (κ3) is 3.96. The minimum absolute atomic E-state index is 0.335. The van der Waals surface area contributed by atoms with Crippen molar-refractivity contribution in [3.8, 4) is 0 Å². The molecule has 4 nitrogen and oxygen atoms in total. The Kier molecular flexibility index (Phi) is 4.73. The molecule has 4 N–H and O–H groups in total. The molecule has 0 bridgehead atoms. The van der Waals surface area contributed by atoms with E-state index < -0.39 is 0 Å². The summed E-state index contributed by atoms with van der Waals surface area (Å²) in [5.41, 5.74) is 5.35. The Morgan fingerprint density at radius 3 is 2.79 bits per heavy atom. The zero-order chi connectivity index (χ0) is 10.4. The molecule has 0 aromatic rings. The molecule has 1 fully saturated rings. The van der Waals surface area contributed by atoms with E-state index in [4.69, 9.17) is 10.9 Å². The van der Waals surface area contributed by atoms with E-state index in [1.807, 2.05) is 0 Å². The first kappa shape index (κ1) is 11.3. The molecule has 0 aromatic carbocycles. The summed E-state index contributed by atoms with van der Waals surface area (Å²) in [5.74, 6) is 1.24. The SMILES string of the molecule is CC1CC(NCCCCC(N)=NO)C1. The summed E-state index contributed by atoms with van der Waals surface area (Å²) in [6.45, 7) is 3.34. The first-order valence-electron chi connectivity index (χ1n) is 5.42. The van der Waals surface area contributed by atoms with Crippen molar-refractivity contribution in [2.45, 2.75) is 45.1 Å². The summed E-state index contributed by atoms with van der Waals surface area (Å²) in [6, 6.07) is 0.744. The molecule has 0 heterocycles. The minimum Gasteiger partial charge on any atom is -0.409 e. The van der Waals surface area contributed by atoms with Gasteiger partial charge in [0.15, 0.2) is 0 Å². The summed E-state index contributed by atoms with van der Waals surface area (Å²) < 4.78 is 0. The van der Waals surface area contributed by atoms with Crippen LogP contribution in [0.25, 0.3) is 0 Å². The van der Waals surface area contributed by atoms with Gasteiger partial charge >= 0.3 is 0 Å². The van der Waals surface area contributed by atoms with Crippen LogP contribution in [0.1, 0.15) is 39.0 Å². The smallest absolute Gasteiger partial charge is 0.139 e. The van der Waals surface area contributed by atoms with Crippen LogP contribution in [-0.4, -0.2) is 23.6 Å². The second-order valence-corrected chi connectivity index (χ2v) is 4.28. The van der Waals surface area contributed by atoms with Crippen molar-refractivity contribution in [3.63, 3.8) is 0 Å². The molecular weight excluding hydrogens is 178 g/mol. The normalized spacial score (nSPS) is 27.4. The number of hydrogen-bond donors (Lipinski definition) is 3. The van der Waals surface area contributed by atoms with Crippen molar-refractivity contribution >= 4 is 5.84 Å². The van der Waals surface area contributed by atoms with Crippen LogP contribution in [0, 0.1) is 5.92 Å². The fourth-order valence-electron chi connectivity index (χ4n) is 1.86. The van der Waals surface area contributed by atoms with Crippen LogP contribution in [0.4, 0.5) is 0 Å². The third-order valence-corrected chi connectivity index (χ3v) is 2.79. The third-order valence-electron chi connectivity index (χ3n) is 2.79. The molecule has 1 rings (SSSR count). The maximum absolute atomic E-state index is 8.30. The van der Waals surface area contributed by atoms with Crippen LogP contribution in [0.5, 0.6) is 0 Å². The first-order valence-corrected chi connectivity index (χ1v) is 5.42. The van der Waals surface area contributed by atoms with Gasteiger partial charge in [0.1, 0.15) is 5.84 Å². The van der Waals surface area contributed by atoms with Crippen LogP contribution >= 0.6 is 0 Å². The summed E-state index contributed by atoms with van der Waals surface area (Å²) in [7, 11) is 0. The molecule has 1 aliphatic carbocycles. The topological polar surface area (TPSA) is 70.6 Å². The van der Waals surface area contributed by atoms with E-state index in [-0.39, 0.29) is 0 Å². The van der Waals surface area contributed by atoms with Crippen molar-refractivity contribution in [1.82, 2.24) is 5.32 Å². The van der Waals surface area contributed by atoms with Gasteiger partial charge in [-0.2, -0.15) is 0 Å². The predicted octanol–water partition coefficient (Wildman–Crippen LogP) is 1.29. The number of rotatable bonds is 6. The fraction of sp³-hybridized carbons (Fsp3) is 0.900. The Labute approximate surface area is 85.6 Å². The zero-order valence-corrected chi connectivity index (χ0v) is 8.87. The van der Waals surface area contributed by atoms with Crippen molar-refractivity contribution < 1.29 is 5.21 Å². The van der Waals surface area contributed by atoms with E-state index in [2.05, 4.69) is 17.4 Å². The Morgan fingerprint density at radius 2 is 2.21 bits per heavy atom. The molecule has 1 aliphatic rings. The predicted molar refractivity (Wildman–Crippen MR) is 57.4 cm³/mol. The van der Waals surface area contributed by atoms with Crippen molar-refractivity contribution in [3.05, 3.63) is 0 Å². The van der Waals surface area contributed by atoms with E-state index in [1.54, 1.807) is 0 Å². The molecule has 0 saturated heterocycles. The van der Waals surface area contributed by atoms with Gasteiger partial charge in [-0.25, -0.2) is 0 Å². The lowest BCUT2D eigenvalue weighted by molar-refractivity contribution is 0.241. The van der Waals surface area contributed by atoms with Crippen LogP contribution in [0.3, 0.4) is 0 Å². The molecule has 82 valence electrons. The number of nitrogens with zero attached hydrogens (tertiary/aromatic N) is 1. The van der Waals surface area contributed by atoms with E-state index >= 15 is 0 Å². The maximum Gasteiger partial charge on any atom is 0.139 e. The number of nitrogens with one attached hydrogen (secondary N) is 1. The molecule has 0 atom stereocenters. The molecule has 0 aliphatic heterocycles. The van der Waals surface area contributed by atoms with Gasteiger partial charge in [-0.1, -0.05) is 12.1 Å². The van der Waals surface area contributed by atoms with Gasteiger partial charge in [-0.3, -0.25) is 0 Å². The van der Waals surface area contributed by atoms with Gasteiger partial charge in [-0.15, -0.1) is 0 Å². The number of oxime groups is 1. The van der Waals surface area contributed by atoms with E-state index in [0.29, 0.717) is 12.3 Å². The fourth-order valence-corrected chi connectivity index (χ4v) is 1.86.